The van der Waals surface area contributed by atoms with Crippen LogP contribution in [0.4, 0.5) is 0 Å². The van der Waals surface area contributed by atoms with Gasteiger partial charge in [-0.25, -0.2) is 0 Å². The Kier molecular flexibility index (Phi) is 4.54. The highest BCUT2D eigenvalue weighted by Gasteiger charge is 2.03. The van der Waals surface area contributed by atoms with Crippen LogP contribution < -0.4 is 5.32 Å². The minimum atomic E-state index is 0.552. The van der Waals surface area contributed by atoms with Gasteiger partial charge >= 0.3 is 0 Å². The van der Waals surface area contributed by atoms with E-state index in [1.165, 1.54) is 16.7 Å². The van der Waals surface area contributed by atoms with E-state index >= 15 is 0 Å². The van der Waals surface area contributed by atoms with E-state index in [0.717, 1.165) is 13.1 Å². The Morgan fingerprint density at radius 2 is 1.61 bits per heavy atom. The molecule has 0 saturated carbocycles. The van der Waals surface area contributed by atoms with Gasteiger partial charge in [0.2, 0.25) is 0 Å². The molecule has 0 amide bonds. The Hall–Kier alpha value is -1.60. The molecule has 0 saturated heterocycles. The van der Waals surface area contributed by atoms with Crippen LogP contribution in [0.15, 0.2) is 54.6 Å². The van der Waals surface area contributed by atoms with E-state index in [1.807, 2.05) is 0 Å². The van der Waals surface area contributed by atoms with Gasteiger partial charge in [-0.3, -0.25) is 0 Å². The highest BCUT2D eigenvalue weighted by molar-refractivity contribution is 5.21. The molecule has 18 heavy (non-hydrogen) atoms. The lowest BCUT2D eigenvalue weighted by molar-refractivity contribution is 0.615. The molecule has 1 nitrogen and oxygen atoms in total. The largest absolute Gasteiger partial charge is 0.312 e. The van der Waals surface area contributed by atoms with E-state index in [4.69, 9.17) is 0 Å². The van der Waals surface area contributed by atoms with Gasteiger partial charge in [0.25, 0.3) is 0 Å². The van der Waals surface area contributed by atoms with Crippen molar-refractivity contribution >= 4 is 0 Å². The van der Waals surface area contributed by atoms with E-state index in [2.05, 4.69) is 73.8 Å². The molecular weight excluding hydrogens is 218 g/mol. The topological polar surface area (TPSA) is 12.0 Å². The Balaban J connectivity index is 1.80. The first-order valence-corrected chi connectivity index (χ1v) is 6.57. The van der Waals surface area contributed by atoms with E-state index in [1.54, 1.807) is 0 Å². The van der Waals surface area contributed by atoms with Gasteiger partial charge in [0.1, 0.15) is 0 Å². The summed E-state index contributed by atoms with van der Waals surface area (Å²) in [7, 11) is 0. The molecule has 94 valence electrons. The number of hydrogen-bond acceptors (Lipinski definition) is 1. The molecule has 0 unspecified atom stereocenters. The molecule has 2 aromatic carbocycles. The van der Waals surface area contributed by atoms with E-state index < -0.39 is 0 Å². The summed E-state index contributed by atoms with van der Waals surface area (Å²) in [6, 6.07) is 19.4. The number of hydrogen-bond donors (Lipinski definition) is 1. The average molecular weight is 239 g/mol. The minimum absolute atomic E-state index is 0.552. The van der Waals surface area contributed by atoms with Crippen molar-refractivity contribution < 1.29 is 0 Å². The van der Waals surface area contributed by atoms with Crippen molar-refractivity contribution in [1.29, 1.82) is 0 Å². The summed E-state index contributed by atoms with van der Waals surface area (Å²) in [5, 5.41) is 3.52. The molecule has 0 spiro atoms. The van der Waals surface area contributed by atoms with Gasteiger partial charge in [-0.15, -0.1) is 0 Å². The third-order valence-electron chi connectivity index (χ3n) is 3.27. The van der Waals surface area contributed by atoms with E-state index in [0.29, 0.717) is 5.92 Å². The summed E-state index contributed by atoms with van der Waals surface area (Å²) in [5.41, 5.74) is 4.06. The first kappa shape index (κ1) is 12.8. The lowest BCUT2D eigenvalue weighted by Crippen LogP contribution is -2.19. The molecule has 0 aliphatic rings. The smallest absolute Gasteiger partial charge is 0.0205 e. The van der Waals surface area contributed by atoms with Gasteiger partial charge in [0.05, 0.1) is 0 Å². The van der Waals surface area contributed by atoms with Crippen LogP contribution in [0, 0.1) is 6.92 Å². The maximum Gasteiger partial charge on any atom is 0.0205 e. The fraction of sp³-hybridized carbons (Fsp3) is 0.294. The van der Waals surface area contributed by atoms with Crippen LogP contribution in [0.25, 0.3) is 0 Å². The molecule has 2 rings (SSSR count). The lowest BCUT2D eigenvalue weighted by atomic mass is 10.0. The van der Waals surface area contributed by atoms with Crippen molar-refractivity contribution in [3.8, 4) is 0 Å². The molecule has 0 bridgehead atoms. The van der Waals surface area contributed by atoms with E-state index in [9.17, 15) is 0 Å². The van der Waals surface area contributed by atoms with Crippen molar-refractivity contribution in [2.75, 3.05) is 6.54 Å². The molecule has 0 radical (unpaired) electrons. The summed E-state index contributed by atoms with van der Waals surface area (Å²) >= 11 is 0. The summed E-state index contributed by atoms with van der Waals surface area (Å²) < 4.78 is 0. The van der Waals surface area contributed by atoms with Crippen LogP contribution in [0.3, 0.4) is 0 Å². The third-order valence-corrected chi connectivity index (χ3v) is 3.27. The second kappa shape index (κ2) is 6.36. The summed E-state index contributed by atoms with van der Waals surface area (Å²) in [6.07, 6.45) is 0. The summed E-state index contributed by atoms with van der Waals surface area (Å²) in [4.78, 5) is 0. The van der Waals surface area contributed by atoms with Crippen LogP contribution in [0.1, 0.15) is 29.5 Å². The van der Waals surface area contributed by atoms with Gasteiger partial charge in [-0.05, 0) is 24.0 Å². The average Bonchev–Trinajstić information content (AvgIpc) is 2.42. The molecule has 1 N–H and O–H groups in total. The van der Waals surface area contributed by atoms with Gasteiger partial charge in [0, 0.05) is 13.1 Å². The third kappa shape index (κ3) is 3.71. The van der Waals surface area contributed by atoms with Gasteiger partial charge < -0.3 is 5.32 Å². The van der Waals surface area contributed by atoms with Crippen LogP contribution in [-0.4, -0.2) is 6.54 Å². The summed E-state index contributed by atoms with van der Waals surface area (Å²) in [5.74, 6) is 0.552. The zero-order valence-corrected chi connectivity index (χ0v) is 11.2. The highest BCUT2D eigenvalue weighted by Crippen LogP contribution is 2.13. The Bertz CT molecular complexity index is 459. The Morgan fingerprint density at radius 3 is 2.28 bits per heavy atom. The Morgan fingerprint density at radius 1 is 0.944 bits per heavy atom. The fourth-order valence-corrected chi connectivity index (χ4v) is 2.04. The molecule has 2 aromatic rings. The van der Waals surface area contributed by atoms with Crippen LogP contribution in [0.5, 0.6) is 0 Å². The SMILES string of the molecule is Cc1ccc(CNC[C@H](C)c2ccccc2)cc1. The van der Waals surface area contributed by atoms with Crippen LogP contribution >= 0.6 is 0 Å². The monoisotopic (exact) mass is 239 g/mol. The van der Waals surface area contributed by atoms with Gasteiger partial charge in [-0.1, -0.05) is 67.1 Å². The van der Waals surface area contributed by atoms with Gasteiger partial charge in [0.15, 0.2) is 0 Å². The van der Waals surface area contributed by atoms with Crippen molar-refractivity contribution in [3.05, 3.63) is 71.3 Å². The normalized spacial score (nSPS) is 12.3. The number of rotatable bonds is 5. The molecule has 0 heterocycles. The quantitative estimate of drug-likeness (QED) is 0.834. The first-order chi connectivity index (χ1) is 8.75. The first-order valence-electron chi connectivity index (χ1n) is 6.57. The molecule has 1 heteroatoms. The Labute approximate surface area is 110 Å². The maximum absolute atomic E-state index is 3.52. The second-order valence-electron chi connectivity index (χ2n) is 4.93. The van der Waals surface area contributed by atoms with Crippen LogP contribution in [0.2, 0.25) is 0 Å². The molecule has 0 aliphatic heterocycles. The molecule has 1 atom stereocenters. The fourth-order valence-electron chi connectivity index (χ4n) is 2.04. The zero-order valence-electron chi connectivity index (χ0n) is 11.2. The number of aryl methyl sites for hydroxylation is 1. The second-order valence-corrected chi connectivity index (χ2v) is 4.93. The number of benzene rings is 2. The van der Waals surface area contributed by atoms with Crippen molar-refractivity contribution in [2.24, 2.45) is 0 Å². The van der Waals surface area contributed by atoms with Crippen molar-refractivity contribution in [2.45, 2.75) is 26.3 Å². The highest BCUT2D eigenvalue weighted by atomic mass is 14.9. The minimum Gasteiger partial charge on any atom is -0.312 e. The predicted octanol–water partition coefficient (Wildman–Crippen LogP) is 3.89. The molecule has 0 aromatic heterocycles. The summed E-state index contributed by atoms with van der Waals surface area (Å²) in [6.45, 7) is 6.33. The standard InChI is InChI=1S/C17H21N/c1-14-8-10-16(11-9-14)13-18-12-15(2)17-6-4-3-5-7-17/h3-11,15,18H,12-13H2,1-2H3/t15-/m0/s1. The maximum atomic E-state index is 3.52. The van der Waals surface area contributed by atoms with Gasteiger partial charge in [-0.2, -0.15) is 0 Å². The van der Waals surface area contributed by atoms with Crippen molar-refractivity contribution in [3.63, 3.8) is 0 Å². The number of nitrogens with one attached hydrogen (secondary N) is 1. The lowest BCUT2D eigenvalue weighted by Gasteiger charge is -2.13. The zero-order chi connectivity index (χ0) is 12.8. The van der Waals surface area contributed by atoms with E-state index in [-0.39, 0.29) is 0 Å². The molecular formula is C17H21N. The molecule has 0 aliphatic carbocycles. The predicted molar refractivity (Wildman–Crippen MR) is 77.7 cm³/mol. The molecule has 0 fully saturated rings. The van der Waals surface area contributed by atoms with Crippen molar-refractivity contribution in [1.82, 2.24) is 5.32 Å². The van der Waals surface area contributed by atoms with Crippen LogP contribution in [-0.2, 0) is 6.54 Å².